The monoisotopic (exact) mass is 260 g/mol. The Hall–Kier alpha value is -2.37. The molecule has 0 radical (unpaired) electrons. The molecule has 2 N–H and O–H groups in total. The Balaban J connectivity index is 2.16. The number of anilines is 1. The summed E-state index contributed by atoms with van der Waals surface area (Å²) in [6, 6.07) is 3.17. The van der Waals surface area contributed by atoms with Gasteiger partial charge in [0.15, 0.2) is 0 Å². The van der Waals surface area contributed by atoms with E-state index in [0.29, 0.717) is 12.2 Å². The molecule has 2 aromatic heterocycles. The zero-order valence-electron chi connectivity index (χ0n) is 10.9. The first kappa shape index (κ1) is 13.1. The van der Waals surface area contributed by atoms with Crippen molar-refractivity contribution in [2.75, 3.05) is 5.32 Å². The van der Waals surface area contributed by atoms with Gasteiger partial charge in [-0.15, -0.1) is 0 Å². The summed E-state index contributed by atoms with van der Waals surface area (Å²) in [6.45, 7) is 2.39. The van der Waals surface area contributed by atoms with E-state index in [1.807, 2.05) is 20.2 Å². The van der Waals surface area contributed by atoms with Crippen LogP contribution >= 0.6 is 0 Å². The van der Waals surface area contributed by atoms with Crippen molar-refractivity contribution in [1.82, 2.24) is 14.8 Å². The van der Waals surface area contributed by atoms with E-state index in [0.717, 1.165) is 17.8 Å². The zero-order chi connectivity index (χ0) is 13.8. The number of aryl methyl sites for hydroxylation is 2. The lowest BCUT2D eigenvalue weighted by atomic mass is 10.2. The molecule has 0 unspecified atom stereocenters. The first-order valence-corrected chi connectivity index (χ1v) is 6.05. The van der Waals surface area contributed by atoms with Gasteiger partial charge in [-0.3, -0.25) is 9.67 Å². The molecule has 0 saturated carbocycles. The molecule has 0 aromatic carbocycles. The summed E-state index contributed by atoms with van der Waals surface area (Å²) in [4.78, 5) is 15.2. The molecule has 0 aliphatic heterocycles. The van der Waals surface area contributed by atoms with Crippen LogP contribution in [0.5, 0.6) is 0 Å². The fraction of sp³-hybridized carbons (Fsp3) is 0.308. The van der Waals surface area contributed by atoms with Gasteiger partial charge in [-0.1, -0.05) is 6.92 Å². The molecule has 0 saturated heterocycles. The predicted octanol–water partition coefficient (Wildman–Crippen LogP) is 1.69. The molecule has 2 rings (SSSR count). The van der Waals surface area contributed by atoms with Crippen molar-refractivity contribution < 1.29 is 9.90 Å². The van der Waals surface area contributed by atoms with Crippen LogP contribution in [-0.2, 0) is 20.0 Å². The maximum absolute atomic E-state index is 11.1. The lowest BCUT2D eigenvalue weighted by Gasteiger charge is -2.07. The second-order valence-corrected chi connectivity index (χ2v) is 4.17. The summed E-state index contributed by atoms with van der Waals surface area (Å²) in [5.74, 6) is -0.966. The highest BCUT2D eigenvalue weighted by Gasteiger charge is 2.11. The van der Waals surface area contributed by atoms with Crippen LogP contribution in [0.1, 0.15) is 28.7 Å². The second-order valence-electron chi connectivity index (χ2n) is 4.17. The maximum Gasteiger partial charge on any atom is 0.337 e. The van der Waals surface area contributed by atoms with Gasteiger partial charge in [0.05, 0.1) is 29.2 Å². The van der Waals surface area contributed by atoms with Crippen molar-refractivity contribution in [3.63, 3.8) is 0 Å². The molecule has 0 atom stereocenters. The Kier molecular flexibility index (Phi) is 3.79. The van der Waals surface area contributed by atoms with E-state index >= 15 is 0 Å². The van der Waals surface area contributed by atoms with Crippen LogP contribution in [0.25, 0.3) is 0 Å². The van der Waals surface area contributed by atoms with Crippen molar-refractivity contribution in [1.29, 1.82) is 0 Å². The second kappa shape index (κ2) is 5.51. The highest BCUT2D eigenvalue weighted by atomic mass is 16.4. The topological polar surface area (TPSA) is 80.0 Å². The number of rotatable bonds is 5. The highest BCUT2D eigenvalue weighted by Crippen LogP contribution is 2.15. The summed E-state index contributed by atoms with van der Waals surface area (Å²) in [5.41, 5.74) is 2.60. The Morgan fingerprint density at radius 1 is 1.47 bits per heavy atom. The zero-order valence-corrected chi connectivity index (χ0v) is 10.9. The van der Waals surface area contributed by atoms with Gasteiger partial charge < -0.3 is 10.4 Å². The number of nitrogens with one attached hydrogen (secondary N) is 1. The minimum atomic E-state index is -0.966. The number of carbonyl (C=O) groups is 1. The number of hydrogen-bond acceptors (Lipinski definition) is 4. The Morgan fingerprint density at radius 3 is 2.95 bits per heavy atom. The van der Waals surface area contributed by atoms with Crippen LogP contribution in [0, 0.1) is 0 Å². The van der Waals surface area contributed by atoms with Crippen molar-refractivity contribution in [2.45, 2.75) is 19.9 Å². The van der Waals surface area contributed by atoms with E-state index in [1.165, 1.54) is 0 Å². The van der Waals surface area contributed by atoms with Gasteiger partial charge in [0, 0.05) is 19.4 Å². The third-order valence-corrected chi connectivity index (χ3v) is 2.81. The average Bonchev–Trinajstić information content (AvgIpc) is 2.77. The molecule has 2 aromatic rings. The Morgan fingerprint density at radius 2 is 2.26 bits per heavy atom. The van der Waals surface area contributed by atoms with Crippen molar-refractivity contribution in [2.24, 2.45) is 7.05 Å². The smallest absolute Gasteiger partial charge is 0.337 e. The molecule has 0 spiro atoms. The third kappa shape index (κ3) is 2.90. The first-order valence-electron chi connectivity index (χ1n) is 6.05. The molecule has 0 aliphatic rings. The quantitative estimate of drug-likeness (QED) is 0.855. The molecule has 19 heavy (non-hydrogen) atoms. The summed E-state index contributed by atoms with van der Waals surface area (Å²) in [6.07, 6.45) is 4.28. The van der Waals surface area contributed by atoms with Gasteiger partial charge >= 0.3 is 5.97 Å². The molecule has 0 fully saturated rings. The predicted molar refractivity (Wildman–Crippen MR) is 71.1 cm³/mol. The number of aromatic nitrogens is 3. The standard InChI is InChI=1S/C13H16N4O2/c1-3-10-12(8-17(2)16-10)15-7-11-9(13(18)19)5-4-6-14-11/h4-6,8,15H,3,7H2,1-2H3,(H,18,19). The van der Waals surface area contributed by atoms with E-state index in [4.69, 9.17) is 5.11 Å². The molecule has 0 aliphatic carbocycles. The fourth-order valence-electron chi connectivity index (χ4n) is 1.90. The SMILES string of the molecule is CCc1nn(C)cc1NCc1ncccc1C(=O)O. The van der Waals surface area contributed by atoms with Gasteiger partial charge in [0.25, 0.3) is 0 Å². The summed E-state index contributed by atoms with van der Waals surface area (Å²) < 4.78 is 1.73. The maximum atomic E-state index is 11.1. The van der Waals surface area contributed by atoms with Crippen molar-refractivity contribution >= 4 is 11.7 Å². The molecule has 100 valence electrons. The largest absolute Gasteiger partial charge is 0.478 e. The van der Waals surface area contributed by atoms with Crippen LogP contribution in [0.3, 0.4) is 0 Å². The summed E-state index contributed by atoms with van der Waals surface area (Å²) in [7, 11) is 1.85. The third-order valence-electron chi connectivity index (χ3n) is 2.81. The van der Waals surface area contributed by atoms with Gasteiger partial charge in [-0.25, -0.2) is 4.79 Å². The van der Waals surface area contributed by atoms with Crippen LogP contribution in [0.4, 0.5) is 5.69 Å². The molecule has 2 heterocycles. The molecule has 0 amide bonds. The molecule has 6 heteroatoms. The number of aromatic carboxylic acids is 1. The fourth-order valence-corrected chi connectivity index (χ4v) is 1.90. The van der Waals surface area contributed by atoms with Crippen LogP contribution in [-0.4, -0.2) is 25.8 Å². The molecule has 6 nitrogen and oxygen atoms in total. The van der Waals surface area contributed by atoms with Gasteiger partial charge in [0.2, 0.25) is 0 Å². The van der Waals surface area contributed by atoms with Crippen LogP contribution < -0.4 is 5.32 Å². The molecular weight excluding hydrogens is 244 g/mol. The lowest BCUT2D eigenvalue weighted by Crippen LogP contribution is -2.09. The van der Waals surface area contributed by atoms with Gasteiger partial charge in [0.1, 0.15) is 0 Å². The van der Waals surface area contributed by atoms with E-state index in [1.54, 1.807) is 23.0 Å². The number of carboxylic acids is 1. The van der Waals surface area contributed by atoms with Crippen molar-refractivity contribution in [3.05, 3.63) is 41.5 Å². The van der Waals surface area contributed by atoms with E-state index in [2.05, 4.69) is 15.4 Å². The van der Waals surface area contributed by atoms with E-state index in [-0.39, 0.29) is 5.56 Å². The van der Waals surface area contributed by atoms with Crippen LogP contribution in [0.2, 0.25) is 0 Å². The van der Waals surface area contributed by atoms with Crippen molar-refractivity contribution in [3.8, 4) is 0 Å². The normalized spacial score (nSPS) is 10.4. The minimum absolute atomic E-state index is 0.219. The Bertz CT molecular complexity index is 592. The number of hydrogen-bond donors (Lipinski definition) is 2. The summed E-state index contributed by atoms with van der Waals surface area (Å²) >= 11 is 0. The number of carboxylic acid groups (broad SMARTS) is 1. The Labute approximate surface area is 111 Å². The highest BCUT2D eigenvalue weighted by molar-refractivity contribution is 5.88. The van der Waals surface area contributed by atoms with Crippen LogP contribution in [0.15, 0.2) is 24.5 Å². The molecule has 0 bridgehead atoms. The van der Waals surface area contributed by atoms with E-state index < -0.39 is 5.97 Å². The summed E-state index contributed by atoms with van der Waals surface area (Å²) in [5, 5.41) is 16.6. The minimum Gasteiger partial charge on any atom is -0.478 e. The number of nitrogens with zero attached hydrogens (tertiary/aromatic N) is 3. The molecular formula is C13H16N4O2. The van der Waals surface area contributed by atoms with E-state index in [9.17, 15) is 4.79 Å². The lowest BCUT2D eigenvalue weighted by molar-refractivity contribution is 0.0695. The van der Waals surface area contributed by atoms with Gasteiger partial charge in [-0.2, -0.15) is 5.10 Å². The average molecular weight is 260 g/mol. The first-order chi connectivity index (χ1) is 9.11. The number of pyridine rings is 1. The van der Waals surface area contributed by atoms with Gasteiger partial charge in [-0.05, 0) is 18.6 Å².